The van der Waals surface area contributed by atoms with Crippen molar-refractivity contribution < 1.29 is 4.39 Å². The van der Waals surface area contributed by atoms with Gasteiger partial charge in [-0.1, -0.05) is 13.0 Å². The number of rotatable bonds is 3. The van der Waals surface area contributed by atoms with Crippen LogP contribution in [0.1, 0.15) is 12.5 Å². The Hall–Kier alpha value is -1.09. The van der Waals surface area contributed by atoms with Crippen molar-refractivity contribution >= 4 is 5.69 Å². The molecule has 0 amide bonds. The topological polar surface area (TPSA) is 38.0 Å². The van der Waals surface area contributed by atoms with Crippen molar-refractivity contribution in [1.29, 1.82) is 0 Å². The van der Waals surface area contributed by atoms with Gasteiger partial charge < -0.3 is 11.1 Å². The molecular weight excluding hydrogens is 155 g/mol. The zero-order valence-corrected chi connectivity index (χ0v) is 7.10. The molecule has 1 aromatic rings. The zero-order valence-electron chi connectivity index (χ0n) is 7.10. The average Bonchev–Trinajstić information content (AvgIpc) is 2.07. The van der Waals surface area contributed by atoms with E-state index in [9.17, 15) is 4.39 Å². The van der Waals surface area contributed by atoms with E-state index in [1.54, 1.807) is 12.1 Å². The zero-order chi connectivity index (χ0) is 8.97. The molecule has 0 saturated heterocycles. The fourth-order valence-corrected chi connectivity index (χ4v) is 0.973. The molecule has 0 atom stereocenters. The predicted molar refractivity (Wildman–Crippen MR) is 48.2 cm³/mol. The summed E-state index contributed by atoms with van der Waals surface area (Å²) in [4.78, 5) is 0. The first-order valence-corrected chi connectivity index (χ1v) is 3.98. The number of halogens is 1. The monoisotopic (exact) mass is 168 g/mol. The first-order chi connectivity index (χ1) is 5.74. The van der Waals surface area contributed by atoms with Gasteiger partial charge in [-0.2, -0.15) is 0 Å². The van der Waals surface area contributed by atoms with Crippen molar-refractivity contribution in [3.05, 3.63) is 29.6 Å². The molecule has 3 heteroatoms. The molecule has 0 bridgehead atoms. The van der Waals surface area contributed by atoms with E-state index < -0.39 is 0 Å². The number of benzene rings is 1. The summed E-state index contributed by atoms with van der Waals surface area (Å²) >= 11 is 0. The van der Waals surface area contributed by atoms with Gasteiger partial charge in [0.1, 0.15) is 5.82 Å². The van der Waals surface area contributed by atoms with Crippen LogP contribution < -0.4 is 11.1 Å². The maximum absolute atomic E-state index is 12.7. The van der Waals surface area contributed by atoms with E-state index in [4.69, 9.17) is 5.73 Å². The Morgan fingerprint density at radius 1 is 1.50 bits per heavy atom. The molecule has 0 spiro atoms. The summed E-state index contributed by atoms with van der Waals surface area (Å²) in [5.41, 5.74) is 6.61. The van der Waals surface area contributed by atoms with Crippen molar-refractivity contribution in [3.8, 4) is 0 Å². The van der Waals surface area contributed by atoms with E-state index in [0.717, 1.165) is 18.7 Å². The number of nitrogens with one attached hydrogen (secondary N) is 1. The van der Waals surface area contributed by atoms with Crippen molar-refractivity contribution in [1.82, 2.24) is 5.32 Å². The molecule has 0 aromatic heterocycles. The van der Waals surface area contributed by atoms with E-state index in [1.165, 1.54) is 6.07 Å². The maximum Gasteiger partial charge on any atom is 0.146 e. The van der Waals surface area contributed by atoms with E-state index >= 15 is 0 Å². The highest BCUT2D eigenvalue weighted by atomic mass is 19.1. The second-order valence-corrected chi connectivity index (χ2v) is 2.64. The van der Waals surface area contributed by atoms with E-state index in [-0.39, 0.29) is 11.5 Å². The molecule has 0 unspecified atom stereocenters. The van der Waals surface area contributed by atoms with Crippen molar-refractivity contribution in [2.75, 3.05) is 12.3 Å². The number of hydrogen-bond donors (Lipinski definition) is 2. The van der Waals surface area contributed by atoms with Crippen LogP contribution in [0.15, 0.2) is 18.2 Å². The quantitative estimate of drug-likeness (QED) is 0.671. The largest absolute Gasteiger partial charge is 0.396 e. The second-order valence-electron chi connectivity index (χ2n) is 2.64. The van der Waals surface area contributed by atoms with Crippen LogP contribution in [-0.2, 0) is 6.54 Å². The van der Waals surface area contributed by atoms with Crippen LogP contribution in [0.3, 0.4) is 0 Å². The molecule has 0 aliphatic rings. The van der Waals surface area contributed by atoms with Gasteiger partial charge >= 0.3 is 0 Å². The van der Waals surface area contributed by atoms with Gasteiger partial charge in [-0.05, 0) is 24.2 Å². The highest BCUT2D eigenvalue weighted by Crippen LogP contribution is 2.11. The lowest BCUT2D eigenvalue weighted by molar-refractivity contribution is 0.630. The third kappa shape index (κ3) is 2.20. The standard InChI is InChI=1S/C9H13FN2/c1-2-12-6-7-3-4-8(10)9(11)5-7/h3-5,12H,2,6,11H2,1H3. The Kier molecular flexibility index (Phi) is 3.05. The van der Waals surface area contributed by atoms with Crippen LogP contribution in [0.25, 0.3) is 0 Å². The van der Waals surface area contributed by atoms with Crippen molar-refractivity contribution in [3.63, 3.8) is 0 Å². The molecule has 0 saturated carbocycles. The smallest absolute Gasteiger partial charge is 0.146 e. The third-order valence-electron chi connectivity index (χ3n) is 1.64. The Morgan fingerprint density at radius 3 is 2.83 bits per heavy atom. The predicted octanol–water partition coefficient (Wildman–Crippen LogP) is 1.52. The highest BCUT2D eigenvalue weighted by molar-refractivity contribution is 5.42. The number of nitrogen functional groups attached to an aromatic ring is 1. The van der Waals surface area contributed by atoms with Crippen LogP contribution in [-0.4, -0.2) is 6.54 Å². The Balaban J connectivity index is 2.69. The minimum Gasteiger partial charge on any atom is -0.396 e. The lowest BCUT2D eigenvalue weighted by Gasteiger charge is -2.03. The summed E-state index contributed by atoms with van der Waals surface area (Å²) in [6.07, 6.45) is 0. The van der Waals surface area contributed by atoms with Gasteiger partial charge in [0, 0.05) is 6.54 Å². The Labute approximate surface area is 71.6 Å². The lowest BCUT2D eigenvalue weighted by Crippen LogP contribution is -2.11. The Morgan fingerprint density at radius 2 is 2.25 bits per heavy atom. The van der Waals surface area contributed by atoms with Gasteiger partial charge in [0.2, 0.25) is 0 Å². The molecule has 12 heavy (non-hydrogen) atoms. The minimum atomic E-state index is -0.352. The number of hydrogen-bond acceptors (Lipinski definition) is 2. The molecule has 3 N–H and O–H groups in total. The van der Waals surface area contributed by atoms with Crippen LogP contribution >= 0.6 is 0 Å². The summed E-state index contributed by atoms with van der Waals surface area (Å²) < 4.78 is 12.7. The van der Waals surface area contributed by atoms with Crippen LogP contribution in [0.2, 0.25) is 0 Å². The minimum absolute atomic E-state index is 0.213. The molecule has 0 heterocycles. The van der Waals surface area contributed by atoms with Crippen molar-refractivity contribution in [2.24, 2.45) is 0 Å². The summed E-state index contributed by atoms with van der Waals surface area (Å²) in [6.45, 7) is 3.66. The average molecular weight is 168 g/mol. The summed E-state index contributed by atoms with van der Waals surface area (Å²) in [7, 11) is 0. The fourth-order valence-electron chi connectivity index (χ4n) is 0.973. The first kappa shape index (κ1) is 9.00. The molecule has 1 aromatic carbocycles. The van der Waals surface area contributed by atoms with Gasteiger partial charge in [0.25, 0.3) is 0 Å². The van der Waals surface area contributed by atoms with E-state index in [1.807, 2.05) is 6.92 Å². The SMILES string of the molecule is CCNCc1ccc(F)c(N)c1. The van der Waals surface area contributed by atoms with Gasteiger partial charge in [-0.15, -0.1) is 0 Å². The highest BCUT2D eigenvalue weighted by Gasteiger charge is 1.98. The van der Waals surface area contributed by atoms with Gasteiger partial charge in [-0.3, -0.25) is 0 Å². The van der Waals surface area contributed by atoms with Crippen LogP contribution in [0, 0.1) is 5.82 Å². The molecule has 66 valence electrons. The summed E-state index contributed by atoms with van der Waals surface area (Å²) in [5, 5.41) is 3.13. The number of anilines is 1. The van der Waals surface area contributed by atoms with E-state index in [2.05, 4.69) is 5.32 Å². The lowest BCUT2D eigenvalue weighted by atomic mass is 10.2. The van der Waals surface area contributed by atoms with Gasteiger partial charge in [0.15, 0.2) is 0 Å². The normalized spacial score (nSPS) is 10.2. The molecule has 0 radical (unpaired) electrons. The molecule has 0 aliphatic carbocycles. The molecule has 2 nitrogen and oxygen atoms in total. The van der Waals surface area contributed by atoms with Gasteiger partial charge in [0.05, 0.1) is 5.69 Å². The van der Waals surface area contributed by atoms with Crippen LogP contribution in [0.5, 0.6) is 0 Å². The summed E-state index contributed by atoms with van der Waals surface area (Å²) in [6, 6.07) is 4.77. The molecule has 1 rings (SSSR count). The van der Waals surface area contributed by atoms with Crippen molar-refractivity contribution in [2.45, 2.75) is 13.5 Å². The number of nitrogens with two attached hydrogens (primary N) is 1. The third-order valence-corrected chi connectivity index (χ3v) is 1.64. The maximum atomic E-state index is 12.7. The first-order valence-electron chi connectivity index (χ1n) is 3.98. The fraction of sp³-hybridized carbons (Fsp3) is 0.333. The molecule has 0 fully saturated rings. The van der Waals surface area contributed by atoms with Gasteiger partial charge in [-0.25, -0.2) is 4.39 Å². The van der Waals surface area contributed by atoms with Crippen LogP contribution in [0.4, 0.5) is 10.1 Å². The summed E-state index contributed by atoms with van der Waals surface area (Å²) in [5.74, 6) is -0.352. The molecule has 0 aliphatic heterocycles. The van der Waals surface area contributed by atoms with E-state index in [0.29, 0.717) is 0 Å². The molecular formula is C9H13FN2. The Bertz CT molecular complexity index is 261. The second kappa shape index (κ2) is 4.07.